The summed E-state index contributed by atoms with van der Waals surface area (Å²) in [5.41, 5.74) is 0.530. The summed E-state index contributed by atoms with van der Waals surface area (Å²) in [7, 11) is -3.18. The maximum absolute atomic E-state index is 12.4. The normalized spacial score (nSPS) is 17.2. The maximum Gasteiger partial charge on any atom is 0.255 e. The van der Waals surface area contributed by atoms with E-state index >= 15 is 0 Å². The standard InChI is InChI=1S/C12H14BrClN2O3S/c1-20(18,19)16-6-4-15(5-7-16)12(17)10-3-2-9(14)8-11(10)13/h2-3,8H,4-7H2,1H3. The number of amides is 1. The van der Waals surface area contributed by atoms with Crippen molar-refractivity contribution in [2.24, 2.45) is 0 Å². The van der Waals surface area contributed by atoms with E-state index in [-0.39, 0.29) is 5.91 Å². The topological polar surface area (TPSA) is 57.7 Å². The summed E-state index contributed by atoms with van der Waals surface area (Å²) >= 11 is 9.17. The second-order valence-electron chi connectivity index (χ2n) is 4.58. The van der Waals surface area contributed by atoms with Gasteiger partial charge in [-0.2, -0.15) is 4.31 Å². The summed E-state index contributed by atoms with van der Waals surface area (Å²) in [6.07, 6.45) is 1.18. The van der Waals surface area contributed by atoms with Gasteiger partial charge in [0.25, 0.3) is 5.91 Å². The molecule has 0 unspecified atom stereocenters. The molecular weight excluding hydrogens is 368 g/mol. The van der Waals surface area contributed by atoms with E-state index in [2.05, 4.69) is 15.9 Å². The van der Waals surface area contributed by atoms with Gasteiger partial charge in [-0.3, -0.25) is 4.79 Å². The Hall–Kier alpha value is -0.630. The molecule has 0 N–H and O–H groups in total. The number of halogens is 2. The maximum atomic E-state index is 12.4. The molecule has 8 heteroatoms. The van der Waals surface area contributed by atoms with Gasteiger partial charge in [0.05, 0.1) is 11.8 Å². The van der Waals surface area contributed by atoms with Gasteiger partial charge in [0.2, 0.25) is 10.0 Å². The number of sulfonamides is 1. The van der Waals surface area contributed by atoms with E-state index in [0.717, 1.165) is 0 Å². The third kappa shape index (κ3) is 3.52. The molecule has 1 amide bonds. The van der Waals surface area contributed by atoms with Gasteiger partial charge in [-0.1, -0.05) is 11.6 Å². The summed E-state index contributed by atoms with van der Waals surface area (Å²) in [4.78, 5) is 14.0. The number of carbonyl (C=O) groups is 1. The highest BCUT2D eigenvalue weighted by Crippen LogP contribution is 2.23. The van der Waals surface area contributed by atoms with Crippen molar-refractivity contribution in [3.05, 3.63) is 33.3 Å². The lowest BCUT2D eigenvalue weighted by atomic mass is 10.2. The Morgan fingerprint density at radius 1 is 1.25 bits per heavy atom. The van der Waals surface area contributed by atoms with E-state index in [1.165, 1.54) is 10.6 Å². The first-order valence-corrected chi connectivity index (χ1v) is 9.00. The first-order chi connectivity index (χ1) is 9.29. The summed E-state index contributed by atoms with van der Waals surface area (Å²) in [5, 5.41) is 0.551. The molecule has 0 radical (unpaired) electrons. The van der Waals surface area contributed by atoms with Crippen LogP contribution in [0.25, 0.3) is 0 Å². The van der Waals surface area contributed by atoms with E-state index in [1.54, 1.807) is 23.1 Å². The minimum Gasteiger partial charge on any atom is -0.336 e. The van der Waals surface area contributed by atoms with Crippen LogP contribution in [0.15, 0.2) is 22.7 Å². The third-order valence-electron chi connectivity index (χ3n) is 3.16. The molecule has 0 aromatic heterocycles. The fourth-order valence-corrected chi connectivity index (χ4v) is 3.73. The second kappa shape index (κ2) is 6.01. The monoisotopic (exact) mass is 380 g/mol. The minimum absolute atomic E-state index is 0.123. The fourth-order valence-electron chi connectivity index (χ4n) is 2.06. The van der Waals surface area contributed by atoms with Gasteiger partial charge in [-0.15, -0.1) is 0 Å². The molecule has 1 aliphatic rings. The van der Waals surface area contributed by atoms with Crippen LogP contribution in [-0.4, -0.2) is 56.0 Å². The van der Waals surface area contributed by atoms with Gasteiger partial charge in [-0.25, -0.2) is 8.42 Å². The van der Waals surface area contributed by atoms with Crippen LogP contribution in [0.1, 0.15) is 10.4 Å². The number of nitrogens with zero attached hydrogens (tertiary/aromatic N) is 2. The quantitative estimate of drug-likeness (QED) is 0.785. The van der Waals surface area contributed by atoms with E-state index in [4.69, 9.17) is 11.6 Å². The van der Waals surface area contributed by atoms with Crippen molar-refractivity contribution < 1.29 is 13.2 Å². The number of benzene rings is 1. The molecule has 1 aromatic carbocycles. The van der Waals surface area contributed by atoms with Gasteiger partial charge in [0.1, 0.15) is 0 Å². The smallest absolute Gasteiger partial charge is 0.255 e. The first kappa shape index (κ1) is 15.8. The number of piperazine rings is 1. The fraction of sp³-hybridized carbons (Fsp3) is 0.417. The van der Waals surface area contributed by atoms with Crippen molar-refractivity contribution >= 4 is 43.5 Å². The van der Waals surface area contributed by atoms with Crippen LogP contribution >= 0.6 is 27.5 Å². The van der Waals surface area contributed by atoms with Crippen molar-refractivity contribution in [3.8, 4) is 0 Å². The number of carbonyl (C=O) groups excluding carboxylic acids is 1. The molecule has 20 heavy (non-hydrogen) atoms. The molecule has 0 atom stereocenters. The molecule has 1 fully saturated rings. The molecule has 1 aliphatic heterocycles. The SMILES string of the molecule is CS(=O)(=O)N1CCN(C(=O)c2ccc(Cl)cc2Br)CC1. The van der Waals surface area contributed by atoms with Crippen LogP contribution in [0.3, 0.4) is 0 Å². The van der Waals surface area contributed by atoms with Gasteiger partial charge < -0.3 is 4.90 Å². The van der Waals surface area contributed by atoms with E-state index in [9.17, 15) is 13.2 Å². The lowest BCUT2D eigenvalue weighted by molar-refractivity contribution is 0.0697. The summed E-state index contributed by atoms with van der Waals surface area (Å²) < 4.78 is 24.9. The minimum atomic E-state index is -3.18. The van der Waals surface area contributed by atoms with Crippen LogP contribution in [0.4, 0.5) is 0 Å². The zero-order valence-corrected chi connectivity index (χ0v) is 14.0. The Balaban J connectivity index is 2.09. The van der Waals surface area contributed by atoms with Crippen molar-refractivity contribution in [2.75, 3.05) is 32.4 Å². The van der Waals surface area contributed by atoms with Crippen LogP contribution in [0.5, 0.6) is 0 Å². The molecule has 1 heterocycles. The van der Waals surface area contributed by atoms with Crippen LogP contribution < -0.4 is 0 Å². The van der Waals surface area contributed by atoms with Gasteiger partial charge in [0, 0.05) is 35.7 Å². The van der Waals surface area contributed by atoms with Crippen LogP contribution in [-0.2, 0) is 10.0 Å². The van der Waals surface area contributed by atoms with Crippen molar-refractivity contribution in [2.45, 2.75) is 0 Å². The molecular formula is C12H14BrClN2O3S. The summed E-state index contributed by atoms with van der Waals surface area (Å²) in [5.74, 6) is -0.123. The molecule has 0 saturated carbocycles. The Morgan fingerprint density at radius 3 is 2.35 bits per heavy atom. The molecule has 2 rings (SSSR count). The van der Waals surface area contributed by atoms with E-state index < -0.39 is 10.0 Å². The van der Waals surface area contributed by atoms with Gasteiger partial charge >= 0.3 is 0 Å². The third-order valence-corrected chi connectivity index (χ3v) is 5.35. The zero-order valence-electron chi connectivity index (χ0n) is 10.8. The molecule has 1 saturated heterocycles. The highest BCUT2D eigenvalue weighted by atomic mass is 79.9. The first-order valence-electron chi connectivity index (χ1n) is 5.98. The van der Waals surface area contributed by atoms with E-state index in [1.807, 2.05) is 0 Å². The highest BCUT2D eigenvalue weighted by Gasteiger charge is 2.27. The number of rotatable bonds is 2. The summed E-state index contributed by atoms with van der Waals surface area (Å²) in [6.45, 7) is 1.44. The molecule has 5 nitrogen and oxygen atoms in total. The Kier molecular flexibility index (Phi) is 4.73. The molecule has 1 aromatic rings. The van der Waals surface area contributed by atoms with E-state index in [0.29, 0.717) is 41.2 Å². The van der Waals surface area contributed by atoms with Crippen molar-refractivity contribution in [1.29, 1.82) is 0 Å². The molecule has 0 spiro atoms. The molecule has 0 bridgehead atoms. The summed E-state index contributed by atoms with van der Waals surface area (Å²) in [6, 6.07) is 4.99. The zero-order chi connectivity index (χ0) is 14.9. The number of hydrogen-bond donors (Lipinski definition) is 0. The van der Waals surface area contributed by atoms with Crippen molar-refractivity contribution in [1.82, 2.24) is 9.21 Å². The van der Waals surface area contributed by atoms with Gasteiger partial charge in [0.15, 0.2) is 0 Å². The Labute approximate surface area is 131 Å². The predicted molar refractivity (Wildman–Crippen MR) is 81.5 cm³/mol. The lowest BCUT2D eigenvalue weighted by Crippen LogP contribution is -2.50. The Bertz CT molecular complexity index is 628. The lowest BCUT2D eigenvalue weighted by Gasteiger charge is -2.33. The van der Waals surface area contributed by atoms with Gasteiger partial charge in [-0.05, 0) is 34.1 Å². The molecule has 110 valence electrons. The Morgan fingerprint density at radius 2 is 1.85 bits per heavy atom. The largest absolute Gasteiger partial charge is 0.336 e. The average molecular weight is 382 g/mol. The molecule has 0 aliphatic carbocycles. The van der Waals surface area contributed by atoms with Crippen LogP contribution in [0.2, 0.25) is 5.02 Å². The highest BCUT2D eigenvalue weighted by molar-refractivity contribution is 9.10. The second-order valence-corrected chi connectivity index (χ2v) is 7.85. The van der Waals surface area contributed by atoms with Crippen LogP contribution in [0, 0.1) is 0 Å². The number of hydrogen-bond acceptors (Lipinski definition) is 3. The average Bonchev–Trinajstić information content (AvgIpc) is 2.37. The predicted octanol–water partition coefficient (Wildman–Crippen LogP) is 1.82. The van der Waals surface area contributed by atoms with Crippen molar-refractivity contribution in [3.63, 3.8) is 0 Å².